The molecule has 214 valence electrons. The van der Waals surface area contributed by atoms with E-state index in [-0.39, 0.29) is 11.5 Å². The second-order valence-corrected chi connectivity index (χ2v) is 10.8. The van der Waals surface area contributed by atoms with Crippen molar-refractivity contribution in [3.63, 3.8) is 0 Å². The number of pyridine rings is 1. The summed E-state index contributed by atoms with van der Waals surface area (Å²) in [7, 11) is 0. The maximum absolute atomic E-state index is 10.6. The summed E-state index contributed by atoms with van der Waals surface area (Å²) in [5, 5.41) is 29.2. The number of hydrogen-bond acceptors (Lipinski definition) is 8. The van der Waals surface area contributed by atoms with Gasteiger partial charge in [0.15, 0.2) is 34.8 Å². The summed E-state index contributed by atoms with van der Waals surface area (Å²) in [6.45, 7) is 4.15. The molecule has 0 spiro atoms. The van der Waals surface area contributed by atoms with Gasteiger partial charge < -0.3 is 20.4 Å². The van der Waals surface area contributed by atoms with Gasteiger partial charge in [-0.25, -0.2) is 15.0 Å². The summed E-state index contributed by atoms with van der Waals surface area (Å²) in [6.07, 6.45) is 5.09. The Morgan fingerprint density at radius 1 is 0.884 bits per heavy atom. The number of aliphatic imine (C=N–C) groups is 2. The first-order chi connectivity index (χ1) is 21.0. The highest BCUT2D eigenvalue weighted by Crippen LogP contribution is 2.49. The highest BCUT2D eigenvalue weighted by molar-refractivity contribution is 6.51. The zero-order valence-corrected chi connectivity index (χ0v) is 23.9. The number of unbranched alkanes of at least 4 members (excludes halogenated alkanes) is 1. The number of amidine groups is 2. The van der Waals surface area contributed by atoms with Gasteiger partial charge in [0.25, 0.3) is 0 Å². The smallest absolute Gasteiger partial charge is 0.179 e. The number of fused-ring (bicyclic) bond motifs is 4. The number of aromatic nitrogens is 3. The summed E-state index contributed by atoms with van der Waals surface area (Å²) in [4.78, 5) is 16.9. The molecule has 0 saturated heterocycles. The molecule has 2 aliphatic heterocycles. The first-order valence-electron chi connectivity index (χ1n) is 14.5. The number of para-hydroxylation sites is 2. The van der Waals surface area contributed by atoms with Gasteiger partial charge in [-0.15, -0.1) is 0 Å². The molecule has 3 aromatic carbocycles. The minimum atomic E-state index is -0.434. The SMILES string of the molecule is CCCCc1ccc(NC2=Nc3ccccc3N3C2=Nc2c(c(C)nn2-c2ccccn2)[C@@H]3c2ccc(O)c(O)c2)cc1. The minimum Gasteiger partial charge on any atom is -0.504 e. The molecule has 0 amide bonds. The van der Waals surface area contributed by atoms with Gasteiger partial charge in [-0.2, -0.15) is 9.78 Å². The van der Waals surface area contributed by atoms with Crippen LogP contribution in [0.1, 0.15) is 48.2 Å². The fourth-order valence-electron chi connectivity index (χ4n) is 5.73. The van der Waals surface area contributed by atoms with Gasteiger partial charge in [0.05, 0.1) is 23.1 Å². The Balaban J connectivity index is 1.43. The summed E-state index contributed by atoms with van der Waals surface area (Å²) in [5.74, 6) is 2.09. The molecule has 3 N–H and O–H groups in total. The maximum atomic E-state index is 10.6. The lowest BCUT2D eigenvalue weighted by Gasteiger charge is -2.40. The van der Waals surface area contributed by atoms with E-state index in [1.807, 2.05) is 55.5 Å². The first-order valence-corrected chi connectivity index (χ1v) is 14.5. The number of nitrogens with one attached hydrogen (secondary N) is 1. The van der Waals surface area contributed by atoms with Crippen LogP contribution >= 0.6 is 0 Å². The molecule has 2 aliphatic rings. The van der Waals surface area contributed by atoms with Crippen LogP contribution in [0.25, 0.3) is 5.82 Å². The van der Waals surface area contributed by atoms with Crippen LogP contribution in [0.15, 0.2) is 101 Å². The quantitative estimate of drug-likeness (QED) is 0.188. The van der Waals surface area contributed by atoms with Gasteiger partial charge >= 0.3 is 0 Å². The molecule has 0 aliphatic carbocycles. The van der Waals surface area contributed by atoms with Gasteiger partial charge in [0.2, 0.25) is 0 Å². The molecule has 0 bridgehead atoms. The van der Waals surface area contributed by atoms with Crippen LogP contribution in [0.4, 0.5) is 22.9 Å². The van der Waals surface area contributed by atoms with Crippen LogP contribution < -0.4 is 10.2 Å². The molecule has 2 aromatic heterocycles. The Morgan fingerprint density at radius 3 is 2.47 bits per heavy atom. The predicted octanol–water partition coefficient (Wildman–Crippen LogP) is 7.12. The average Bonchev–Trinajstić information content (AvgIpc) is 3.37. The van der Waals surface area contributed by atoms with Gasteiger partial charge in [-0.3, -0.25) is 0 Å². The average molecular weight is 570 g/mol. The largest absolute Gasteiger partial charge is 0.504 e. The summed E-state index contributed by atoms with van der Waals surface area (Å²) >= 11 is 0. The molecular formula is C34H31N7O2. The lowest BCUT2D eigenvalue weighted by Crippen LogP contribution is -2.46. The Labute approximate surface area is 249 Å². The van der Waals surface area contributed by atoms with Crippen LogP contribution in [0, 0.1) is 6.92 Å². The van der Waals surface area contributed by atoms with E-state index in [0.717, 1.165) is 53.1 Å². The van der Waals surface area contributed by atoms with Crippen molar-refractivity contribution in [2.75, 3.05) is 10.2 Å². The molecular weight excluding hydrogens is 538 g/mol. The van der Waals surface area contributed by atoms with Crippen molar-refractivity contribution in [1.29, 1.82) is 0 Å². The highest BCUT2D eigenvalue weighted by Gasteiger charge is 2.41. The normalized spacial score (nSPS) is 15.2. The molecule has 1 atom stereocenters. The van der Waals surface area contributed by atoms with E-state index in [1.54, 1.807) is 16.9 Å². The minimum absolute atomic E-state index is 0.181. The van der Waals surface area contributed by atoms with E-state index in [9.17, 15) is 10.2 Å². The van der Waals surface area contributed by atoms with Gasteiger partial charge in [0.1, 0.15) is 0 Å². The number of hydrogen-bond donors (Lipinski definition) is 3. The number of nitrogens with zero attached hydrogens (tertiary/aromatic N) is 6. The molecule has 0 radical (unpaired) electrons. The Hall–Kier alpha value is -5.44. The van der Waals surface area contributed by atoms with Crippen LogP contribution in [0.2, 0.25) is 0 Å². The van der Waals surface area contributed by atoms with E-state index < -0.39 is 6.04 Å². The van der Waals surface area contributed by atoms with Crippen molar-refractivity contribution in [2.24, 2.45) is 9.98 Å². The molecule has 0 unspecified atom stereocenters. The summed E-state index contributed by atoms with van der Waals surface area (Å²) in [5.41, 5.74) is 6.27. The van der Waals surface area contributed by atoms with Crippen LogP contribution in [-0.2, 0) is 6.42 Å². The lowest BCUT2D eigenvalue weighted by atomic mass is 9.93. The molecule has 43 heavy (non-hydrogen) atoms. The van der Waals surface area contributed by atoms with E-state index in [1.165, 1.54) is 11.6 Å². The van der Waals surface area contributed by atoms with Crippen LogP contribution in [0.5, 0.6) is 11.5 Å². The number of benzene rings is 3. The molecule has 0 fully saturated rings. The molecule has 0 saturated carbocycles. The van der Waals surface area contributed by atoms with E-state index in [0.29, 0.717) is 23.3 Å². The number of rotatable bonds is 6. The van der Waals surface area contributed by atoms with Crippen molar-refractivity contribution in [3.05, 3.63) is 114 Å². The zero-order valence-electron chi connectivity index (χ0n) is 23.9. The number of phenols is 2. The predicted molar refractivity (Wildman–Crippen MR) is 169 cm³/mol. The van der Waals surface area contributed by atoms with Gasteiger partial charge in [-0.1, -0.05) is 49.7 Å². The summed E-state index contributed by atoms with van der Waals surface area (Å²) in [6, 6.07) is 26.6. The van der Waals surface area contributed by atoms with Crippen LogP contribution in [0.3, 0.4) is 0 Å². The second kappa shape index (κ2) is 10.8. The van der Waals surface area contributed by atoms with Crippen molar-refractivity contribution in [3.8, 4) is 17.3 Å². The van der Waals surface area contributed by atoms with Gasteiger partial charge in [-0.05, 0) is 79.4 Å². The van der Waals surface area contributed by atoms with Crippen molar-refractivity contribution >= 4 is 34.6 Å². The second-order valence-electron chi connectivity index (χ2n) is 10.8. The number of anilines is 2. The Morgan fingerprint density at radius 2 is 1.70 bits per heavy atom. The Kier molecular flexibility index (Phi) is 6.62. The third-order valence-electron chi connectivity index (χ3n) is 7.86. The van der Waals surface area contributed by atoms with Crippen molar-refractivity contribution in [1.82, 2.24) is 14.8 Å². The lowest BCUT2D eigenvalue weighted by molar-refractivity contribution is 0.403. The standard InChI is InChI=1S/C34H31N7O2/c1-3-4-9-22-13-16-24(17-14-22)36-32-34-38-33-30(21(2)39-41(33)29-12-7-8-19-35-29)31(23-15-18-27(42)28(43)20-23)40(34)26-11-6-5-10-25(26)37-32/h5-8,10-20,31,42-43H,3-4,9H2,1-2H3,(H,36,37)/t31-/m0/s1. The van der Waals surface area contributed by atoms with Gasteiger partial charge in [0, 0.05) is 17.4 Å². The molecule has 9 heteroatoms. The topological polar surface area (TPSA) is 111 Å². The van der Waals surface area contributed by atoms with Crippen molar-refractivity contribution < 1.29 is 10.2 Å². The van der Waals surface area contributed by atoms with Crippen molar-refractivity contribution in [2.45, 2.75) is 39.2 Å². The molecule has 9 nitrogen and oxygen atoms in total. The monoisotopic (exact) mass is 569 g/mol. The fourth-order valence-corrected chi connectivity index (χ4v) is 5.73. The maximum Gasteiger partial charge on any atom is 0.179 e. The third-order valence-corrected chi connectivity index (χ3v) is 7.86. The number of aromatic hydroxyl groups is 2. The molecule has 4 heterocycles. The fraction of sp³-hybridized carbons (Fsp3) is 0.176. The first kappa shape index (κ1) is 26.5. The Bertz CT molecular complexity index is 1880. The van der Waals surface area contributed by atoms with Crippen LogP contribution in [-0.4, -0.2) is 36.6 Å². The van der Waals surface area contributed by atoms with E-state index >= 15 is 0 Å². The highest BCUT2D eigenvalue weighted by atomic mass is 16.3. The zero-order chi connectivity index (χ0) is 29.5. The summed E-state index contributed by atoms with van der Waals surface area (Å²) < 4.78 is 1.75. The van der Waals surface area contributed by atoms with E-state index in [4.69, 9.17) is 15.1 Å². The third kappa shape index (κ3) is 4.68. The number of phenolic OH excluding ortho intramolecular Hbond substituents is 2. The molecule has 7 rings (SSSR count). The number of aryl methyl sites for hydroxylation is 2. The molecule has 5 aromatic rings. The van der Waals surface area contributed by atoms with E-state index in [2.05, 4.69) is 46.4 Å².